The minimum absolute atomic E-state index is 0.0613. The van der Waals surface area contributed by atoms with E-state index >= 15 is 0 Å². The van der Waals surface area contributed by atoms with Gasteiger partial charge in [0.05, 0.1) is 12.8 Å². The number of halogens is 1. The molecule has 0 aliphatic carbocycles. The fourth-order valence-corrected chi connectivity index (χ4v) is 1.58. The van der Waals surface area contributed by atoms with Crippen LogP contribution in [0.15, 0.2) is 18.2 Å². The Morgan fingerprint density at radius 3 is 2.89 bits per heavy atom. The first-order valence-corrected chi connectivity index (χ1v) is 6.08. The number of rotatable bonds is 6. The number of benzene rings is 1. The number of aliphatic hydroxyl groups is 1. The molecule has 0 saturated carbocycles. The Balaban J connectivity index is 2.56. The Morgan fingerprint density at radius 2 is 2.26 bits per heavy atom. The van der Waals surface area contributed by atoms with Crippen LogP contribution in [0.25, 0.3) is 0 Å². The third kappa shape index (κ3) is 5.13. The first-order valence-electron chi connectivity index (χ1n) is 6.08. The van der Waals surface area contributed by atoms with Gasteiger partial charge in [0.2, 0.25) is 0 Å². The lowest BCUT2D eigenvalue weighted by molar-refractivity contribution is 0.245. The number of carbonyl (C=O) groups excluding carboxylic acids is 1. The zero-order valence-electron chi connectivity index (χ0n) is 11.1. The van der Waals surface area contributed by atoms with Gasteiger partial charge in [0.15, 0.2) is 0 Å². The Bertz CT molecular complexity index is 426. The molecule has 0 radical (unpaired) electrons. The first-order chi connectivity index (χ1) is 9.06. The second-order valence-corrected chi connectivity index (χ2v) is 4.21. The summed E-state index contributed by atoms with van der Waals surface area (Å²) in [6.45, 7) is 1.90. The van der Waals surface area contributed by atoms with Crippen molar-refractivity contribution in [2.75, 3.05) is 19.0 Å². The zero-order valence-corrected chi connectivity index (χ0v) is 11.1. The Morgan fingerprint density at radius 1 is 1.53 bits per heavy atom. The molecule has 19 heavy (non-hydrogen) atoms. The third-order valence-electron chi connectivity index (χ3n) is 2.59. The highest BCUT2D eigenvalue weighted by molar-refractivity contribution is 5.89. The molecule has 0 bridgehead atoms. The fourth-order valence-electron chi connectivity index (χ4n) is 1.58. The van der Waals surface area contributed by atoms with Crippen molar-refractivity contribution in [3.63, 3.8) is 0 Å². The third-order valence-corrected chi connectivity index (χ3v) is 2.59. The van der Waals surface area contributed by atoms with Gasteiger partial charge in [0.25, 0.3) is 0 Å². The van der Waals surface area contributed by atoms with Gasteiger partial charge in [-0.3, -0.25) is 0 Å². The second-order valence-electron chi connectivity index (χ2n) is 4.21. The Kier molecular flexibility index (Phi) is 6.08. The maximum absolute atomic E-state index is 13.5. The molecule has 0 aliphatic heterocycles. The minimum Gasteiger partial charge on any atom is -0.497 e. The Hall–Kier alpha value is -1.82. The molecule has 1 rings (SSSR count). The van der Waals surface area contributed by atoms with Crippen LogP contribution in [0.1, 0.15) is 19.8 Å². The molecule has 0 spiro atoms. The molecule has 0 saturated heterocycles. The topological polar surface area (TPSA) is 70.6 Å². The molecule has 1 aromatic rings. The highest BCUT2D eigenvalue weighted by atomic mass is 19.1. The molecule has 0 heterocycles. The van der Waals surface area contributed by atoms with E-state index in [0.29, 0.717) is 18.6 Å². The summed E-state index contributed by atoms with van der Waals surface area (Å²) < 4.78 is 18.4. The highest BCUT2D eigenvalue weighted by Crippen LogP contribution is 2.20. The molecule has 2 amide bonds. The van der Waals surface area contributed by atoms with Crippen LogP contribution in [0.2, 0.25) is 0 Å². The van der Waals surface area contributed by atoms with Crippen LogP contribution in [-0.4, -0.2) is 30.9 Å². The van der Waals surface area contributed by atoms with Gasteiger partial charge in [-0.05, 0) is 31.9 Å². The molecule has 0 aromatic heterocycles. The van der Waals surface area contributed by atoms with Crippen LogP contribution in [-0.2, 0) is 0 Å². The van der Waals surface area contributed by atoms with Gasteiger partial charge < -0.3 is 20.5 Å². The van der Waals surface area contributed by atoms with Crippen molar-refractivity contribution in [3.8, 4) is 5.75 Å². The normalized spacial score (nSPS) is 11.8. The maximum atomic E-state index is 13.5. The molecular weight excluding hydrogens is 251 g/mol. The molecule has 5 nitrogen and oxygen atoms in total. The van der Waals surface area contributed by atoms with E-state index in [-0.39, 0.29) is 18.3 Å². The van der Waals surface area contributed by atoms with Crippen LogP contribution in [0.4, 0.5) is 14.9 Å². The zero-order chi connectivity index (χ0) is 14.3. The molecule has 1 aromatic carbocycles. The summed E-state index contributed by atoms with van der Waals surface area (Å²) in [6.07, 6.45) is 1.26. The van der Waals surface area contributed by atoms with E-state index in [2.05, 4.69) is 10.6 Å². The van der Waals surface area contributed by atoms with Crippen LogP contribution >= 0.6 is 0 Å². The van der Waals surface area contributed by atoms with Crippen molar-refractivity contribution in [2.45, 2.75) is 25.8 Å². The van der Waals surface area contributed by atoms with Crippen LogP contribution in [0, 0.1) is 5.82 Å². The monoisotopic (exact) mass is 270 g/mol. The molecular formula is C13H19FN2O3. The van der Waals surface area contributed by atoms with Gasteiger partial charge in [0, 0.05) is 18.7 Å². The second kappa shape index (κ2) is 7.58. The summed E-state index contributed by atoms with van der Waals surface area (Å²) in [4.78, 5) is 11.6. The van der Waals surface area contributed by atoms with Gasteiger partial charge in [-0.25, -0.2) is 9.18 Å². The van der Waals surface area contributed by atoms with E-state index in [1.54, 1.807) is 0 Å². The number of hydrogen-bond donors (Lipinski definition) is 3. The number of aliphatic hydroxyl groups excluding tert-OH is 1. The average Bonchev–Trinajstić information content (AvgIpc) is 2.38. The number of hydrogen-bond acceptors (Lipinski definition) is 3. The molecule has 106 valence electrons. The predicted octanol–water partition coefficient (Wildman–Crippen LogP) is 2.12. The van der Waals surface area contributed by atoms with E-state index in [0.717, 1.165) is 0 Å². The predicted molar refractivity (Wildman–Crippen MR) is 70.9 cm³/mol. The van der Waals surface area contributed by atoms with Gasteiger partial charge in [-0.1, -0.05) is 0 Å². The lowest BCUT2D eigenvalue weighted by atomic mass is 10.2. The van der Waals surface area contributed by atoms with Crippen molar-refractivity contribution in [1.29, 1.82) is 0 Å². The maximum Gasteiger partial charge on any atom is 0.319 e. The van der Waals surface area contributed by atoms with Crippen LogP contribution < -0.4 is 15.4 Å². The van der Waals surface area contributed by atoms with Crippen molar-refractivity contribution in [2.24, 2.45) is 0 Å². The number of methoxy groups -OCH3 is 1. The molecule has 6 heteroatoms. The standard InChI is InChI=1S/C13H19FN2O3/c1-9(4-3-7-17)15-13(18)16-12-8-10(19-2)5-6-11(12)14/h5-6,8-9,17H,3-4,7H2,1-2H3,(H2,15,16,18). The van der Waals surface area contributed by atoms with Crippen molar-refractivity contribution >= 4 is 11.7 Å². The fraction of sp³-hybridized carbons (Fsp3) is 0.462. The number of nitrogens with one attached hydrogen (secondary N) is 2. The Labute approximate surface area is 111 Å². The van der Waals surface area contributed by atoms with E-state index in [9.17, 15) is 9.18 Å². The number of amides is 2. The van der Waals surface area contributed by atoms with Gasteiger partial charge in [-0.15, -0.1) is 0 Å². The quantitative estimate of drug-likeness (QED) is 0.741. The lowest BCUT2D eigenvalue weighted by Crippen LogP contribution is -2.36. The SMILES string of the molecule is COc1ccc(F)c(NC(=O)NC(C)CCCO)c1. The van der Waals surface area contributed by atoms with E-state index in [1.807, 2.05) is 6.92 Å². The average molecular weight is 270 g/mol. The van der Waals surface area contributed by atoms with E-state index in [1.165, 1.54) is 25.3 Å². The summed E-state index contributed by atoms with van der Waals surface area (Å²) >= 11 is 0. The van der Waals surface area contributed by atoms with Crippen LogP contribution in [0.3, 0.4) is 0 Å². The number of urea groups is 1. The van der Waals surface area contributed by atoms with Gasteiger partial charge in [-0.2, -0.15) is 0 Å². The summed E-state index contributed by atoms with van der Waals surface area (Å²) in [7, 11) is 1.47. The number of carbonyl (C=O) groups is 1. The van der Waals surface area contributed by atoms with Crippen LogP contribution in [0.5, 0.6) is 5.75 Å². The van der Waals surface area contributed by atoms with Crippen molar-refractivity contribution < 1.29 is 19.0 Å². The summed E-state index contributed by atoms with van der Waals surface area (Å²) in [5, 5.41) is 13.8. The molecule has 0 fully saturated rings. The largest absolute Gasteiger partial charge is 0.497 e. The summed E-state index contributed by atoms with van der Waals surface area (Å²) in [6, 6.07) is 3.53. The van der Waals surface area contributed by atoms with E-state index < -0.39 is 11.8 Å². The summed E-state index contributed by atoms with van der Waals surface area (Å²) in [5.41, 5.74) is 0.0613. The molecule has 1 unspecified atom stereocenters. The van der Waals surface area contributed by atoms with E-state index in [4.69, 9.17) is 9.84 Å². The van der Waals surface area contributed by atoms with Crippen molar-refractivity contribution in [3.05, 3.63) is 24.0 Å². The van der Waals surface area contributed by atoms with Crippen molar-refractivity contribution in [1.82, 2.24) is 5.32 Å². The number of ether oxygens (including phenoxy) is 1. The van der Waals surface area contributed by atoms with Gasteiger partial charge >= 0.3 is 6.03 Å². The molecule has 1 atom stereocenters. The number of anilines is 1. The smallest absolute Gasteiger partial charge is 0.319 e. The highest BCUT2D eigenvalue weighted by Gasteiger charge is 2.10. The molecule has 0 aliphatic rings. The first kappa shape index (κ1) is 15.2. The minimum atomic E-state index is -0.529. The summed E-state index contributed by atoms with van der Waals surface area (Å²) in [5.74, 6) is -0.0657. The van der Waals surface area contributed by atoms with Gasteiger partial charge in [0.1, 0.15) is 11.6 Å². The lowest BCUT2D eigenvalue weighted by Gasteiger charge is -2.14. The molecule has 3 N–H and O–H groups in total.